The van der Waals surface area contributed by atoms with Crippen molar-refractivity contribution in [2.45, 2.75) is 25.4 Å². The highest BCUT2D eigenvalue weighted by Gasteiger charge is 2.47. The molecule has 1 saturated heterocycles. The van der Waals surface area contributed by atoms with Crippen LogP contribution in [0.4, 0.5) is 8.78 Å². The van der Waals surface area contributed by atoms with Gasteiger partial charge in [0.2, 0.25) is 11.3 Å². The van der Waals surface area contributed by atoms with Crippen LogP contribution in [0.15, 0.2) is 29.2 Å². The Morgan fingerprint density at radius 3 is 2.84 bits per heavy atom. The predicted octanol–water partition coefficient (Wildman–Crippen LogP) is 0.554. The van der Waals surface area contributed by atoms with Crippen LogP contribution in [-0.4, -0.2) is 47.4 Å². The van der Waals surface area contributed by atoms with Gasteiger partial charge < -0.3 is 19.4 Å². The standard InChI is InChI=1S/C20H20F2N4O5/c1-30-17-15-19(29)26-5-2-6-31-20(26,23)10-25(15)9-13(16(17)27)18(28)24-8-11-3-4-12(21)7-14(11)22/h3-4,7,9H,2,5-6,8,10,23H2,1H3,(H,24,28)/t20-/m1/s1. The van der Waals surface area contributed by atoms with E-state index in [0.29, 0.717) is 25.6 Å². The molecule has 9 nitrogen and oxygen atoms in total. The van der Waals surface area contributed by atoms with Crippen LogP contribution in [0.5, 0.6) is 5.75 Å². The zero-order chi connectivity index (χ0) is 22.3. The maximum Gasteiger partial charge on any atom is 0.277 e. The molecule has 0 unspecified atom stereocenters. The summed E-state index contributed by atoms with van der Waals surface area (Å²) in [6, 6.07) is 2.95. The molecule has 4 rings (SSSR count). The van der Waals surface area contributed by atoms with E-state index < -0.39 is 34.7 Å². The van der Waals surface area contributed by atoms with Gasteiger partial charge in [0.1, 0.15) is 17.2 Å². The number of nitrogens with one attached hydrogen (secondary N) is 1. The third-order valence-corrected chi connectivity index (χ3v) is 5.32. The number of hydrogen-bond acceptors (Lipinski definition) is 6. The number of aromatic nitrogens is 1. The van der Waals surface area contributed by atoms with Crippen molar-refractivity contribution in [3.63, 3.8) is 0 Å². The molecule has 3 N–H and O–H groups in total. The molecule has 164 valence electrons. The monoisotopic (exact) mass is 434 g/mol. The quantitative estimate of drug-likeness (QED) is 0.726. The van der Waals surface area contributed by atoms with E-state index in [0.717, 1.165) is 6.07 Å². The van der Waals surface area contributed by atoms with Crippen molar-refractivity contribution in [3.05, 3.63) is 63.1 Å². The van der Waals surface area contributed by atoms with Crippen molar-refractivity contribution in [2.24, 2.45) is 5.73 Å². The number of hydrogen-bond donors (Lipinski definition) is 2. The Bertz CT molecular complexity index is 1140. The molecule has 11 heteroatoms. The fourth-order valence-electron chi connectivity index (χ4n) is 3.79. The molecule has 1 atom stereocenters. The summed E-state index contributed by atoms with van der Waals surface area (Å²) >= 11 is 0. The summed E-state index contributed by atoms with van der Waals surface area (Å²) in [7, 11) is 1.22. The molecule has 1 fully saturated rings. The zero-order valence-corrected chi connectivity index (χ0v) is 16.6. The fourth-order valence-corrected chi connectivity index (χ4v) is 3.79. The second-order valence-corrected chi connectivity index (χ2v) is 7.30. The van der Waals surface area contributed by atoms with Gasteiger partial charge in [-0.05, 0) is 12.5 Å². The number of nitrogens with two attached hydrogens (primary N) is 1. The van der Waals surface area contributed by atoms with Gasteiger partial charge in [-0.3, -0.25) is 25.0 Å². The molecular weight excluding hydrogens is 414 g/mol. The van der Waals surface area contributed by atoms with Gasteiger partial charge in [0.25, 0.3) is 11.8 Å². The van der Waals surface area contributed by atoms with Gasteiger partial charge in [-0.15, -0.1) is 0 Å². The average Bonchev–Trinajstić information content (AvgIpc) is 2.72. The molecule has 3 heterocycles. The Kier molecular flexibility index (Phi) is 5.23. The van der Waals surface area contributed by atoms with Crippen molar-refractivity contribution in [1.82, 2.24) is 14.8 Å². The van der Waals surface area contributed by atoms with Gasteiger partial charge in [0, 0.05) is 30.9 Å². The van der Waals surface area contributed by atoms with Gasteiger partial charge in [-0.1, -0.05) is 6.07 Å². The number of carbonyl (C=O) groups excluding carboxylic acids is 2. The number of rotatable bonds is 4. The lowest BCUT2D eigenvalue weighted by Gasteiger charge is -2.47. The number of amides is 2. The Morgan fingerprint density at radius 2 is 2.13 bits per heavy atom. The number of fused-ring (bicyclic) bond motifs is 2. The third kappa shape index (κ3) is 3.55. The highest BCUT2D eigenvalue weighted by Crippen LogP contribution is 2.30. The first-order valence-electron chi connectivity index (χ1n) is 9.53. The van der Waals surface area contributed by atoms with Gasteiger partial charge in [-0.25, -0.2) is 8.78 Å². The highest BCUT2D eigenvalue weighted by atomic mass is 19.1. The largest absolute Gasteiger partial charge is 0.491 e. The van der Waals surface area contributed by atoms with Crippen LogP contribution in [0.1, 0.15) is 32.8 Å². The highest BCUT2D eigenvalue weighted by molar-refractivity contribution is 5.99. The van der Waals surface area contributed by atoms with E-state index in [1.165, 1.54) is 28.8 Å². The average molecular weight is 434 g/mol. The summed E-state index contributed by atoms with van der Waals surface area (Å²) in [6.07, 6.45) is 1.80. The summed E-state index contributed by atoms with van der Waals surface area (Å²) in [6.45, 7) is 0.435. The molecule has 0 bridgehead atoms. The smallest absolute Gasteiger partial charge is 0.277 e. The number of halogens is 2. The lowest BCUT2D eigenvalue weighted by atomic mass is 10.1. The molecular formula is C20H20F2N4O5. The van der Waals surface area contributed by atoms with E-state index in [2.05, 4.69) is 5.32 Å². The van der Waals surface area contributed by atoms with E-state index in [1.54, 1.807) is 0 Å². The van der Waals surface area contributed by atoms with E-state index >= 15 is 0 Å². The van der Waals surface area contributed by atoms with Crippen molar-refractivity contribution >= 4 is 11.8 Å². The van der Waals surface area contributed by atoms with Crippen LogP contribution in [0.2, 0.25) is 0 Å². The van der Waals surface area contributed by atoms with Crippen molar-refractivity contribution in [1.29, 1.82) is 0 Å². The van der Waals surface area contributed by atoms with E-state index in [9.17, 15) is 23.2 Å². The minimum Gasteiger partial charge on any atom is -0.491 e. The van der Waals surface area contributed by atoms with Crippen LogP contribution in [0.25, 0.3) is 0 Å². The summed E-state index contributed by atoms with van der Waals surface area (Å²) in [4.78, 5) is 39.9. The molecule has 1 aromatic heterocycles. The Labute approximate surface area is 175 Å². The predicted molar refractivity (Wildman–Crippen MR) is 103 cm³/mol. The molecule has 2 aliphatic heterocycles. The summed E-state index contributed by atoms with van der Waals surface area (Å²) < 4.78 is 39.0. The number of benzene rings is 1. The SMILES string of the molecule is COc1c2n(cc(C(=O)NCc3ccc(F)cc3F)c1=O)C[C@]1(N)OCCCN1C2=O. The molecule has 0 aliphatic carbocycles. The van der Waals surface area contributed by atoms with E-state index in [-0.39, 0.29) is 35.7 Å². The Balaban J connectivity index is 1.68. The van der Waals surface area contributed by atoms with Crippen LogP contribution in [0.3, 0.4) is 0 Å². The summed E-state index contributed by atoms with van der Waals surface area (Å²) in [5.74, 6) is -4.63. The van der Waals surface area contributed by atoms with Crippen molar-refractivity contribution in [2.75, 3.05) is 20.3 Å². The second kappa shape index (κ2) is 7.75. The molecule has 31 heavy (non-hydrogen) atoms. The molecule has 2 amide bonds. The number of carbonyl (C=O) groups is 2. The van der Waals surface area contributed by atoms with Crippen LogP contribution in [-0.2, 0) is 17.8 Å². The Hall–Kier alpha value is -3.31. The minimum atomic E-state index is -1.41. The normalized spacial score (nSPS) is 20.1. The summed E-state index contributed by atoms with van der Waals surface area (Å²) in [5, 5.41) is 2.42. The van der Waals surface area contributed by atoms with Crippen LogP contribution in [0, 0.1) is 11.6 Å². The van der Waals surface area contributed by atoms with E-state index in [1.807, 2.05) is 0 Å². The zero-order valence-electron chi connectivity index (χ0n) is 16.6. The lowest BCUT2D eigenvalue weighted by molar-refractivity contribution is -0.176. The first-order valence-corrected chi connectivity index (χ1v) is 9.53. The molecule has 1 aromatic carbocycles. The first-order chi connectivity index (χ1) is 14.7. The first kappa shape index (κ1) is 20.9. The maximum absolute atomic E-state index is 13.8. The number of methoxy groups -OCH3 is 1. The fraction of sp³-hybridized carbons (Fsp3) is 0.350. The van der Waals surface area contributed by atoms with Gasteiger partial charge in [0.15, 0.2) is 11.4 Å². The number of pyridine rings is 1. The maximum atomic E-state index is 13.8. The van der Waals surface area contributed by atoms with Crippen LogP contribution >= 0.6 is 0 Å². The van der Waals surface area contributed by atoms with E-state index in [4.69, 9.17) is 15.2 Å². The van der Waals surface area contributed by atoms with Gasteiger partial charge >= 0.3 is 0 Å². The Morgan fingerprint density at radius 1 is 1.35 bits per heavy atom. The lowest BCUT2D eigenvalue weighted by Crippen LogP contribution is -2.68. The molecule has 2 aromatic rings. The van der Waals surface area contributed by atoms with Gasteiger partial charge in [-0.2, -0.15) is 0 Å². The van der Waals surface area contributed by atoms with Gasteiger partial charge in [0.05, 0.1) is 20.3 Å². The second-order valence-electron chi connectivity index (χ2n) is 7.30. The number of nitrogens with zero attached hydrogens (tertiary/aromatic N) is 2. The summed E-state index contributed by atoms with van der Waals surface area (Å²) in [5.41, 5.74) is 5.17. The third-order valence-electron chi connectivity index (χ3n) is 5.32. The minimum absolute atomic E-state index is 0.0163. The van der Waals surface area contributed by atoms with Crippen molar-refractivity contribution < 1.29 is 27.8 Å². The number of ether oxygens (including phenoxy) is 2. The molecule has 0 radical (unpaired) electrons. The topological polar surface area (TPSA) is 116 Å². The van der Waals surface area contributed by atoms with Crippen LogP contribution < -0.4 is 21.2 Å². The molecule has 0 saturated carbocycles. The molecule has 0 spiro atoms. The molecule has 2 aliphatic rings. The van der Waals surface area contributed by atoms with Crippen molar-refractivity contribution in [3.8, 4) is 5.75 Å².